The van der Waals surface area contributed by atoms with Crippen LogP contribution in [0.15, 0.2) is 77.3 Å². The number of aromatic nitrogens is 1. The van der Waals surface area contributed by atoms with Gasteiger partial charge in [-0.25, -0.2) is 0 Å². The Hall–Kier alpha value is -2.88. The smallest absolute Gasteiger partial charge is 0.299 e. The van der Waals surface area contributed by atoms with Crippen LogP contribution < -0.4 is 0 Å². The molecule has 1 aliphatic carbocycles. The molecule has 0 fully saturated rings. The second kappa shape index (κ2) is 6.31. The molecule has 0 saturated carbocycles. The average molecular weight is 561 g/mol. The van der Waals surface area contributed by atoms with Gasteiger partial charge in [0.25, 0.3) is 5.92 Å². The van der Waals surface area contributed by atoms with Crippen molar-refractivity contribution in [1.29, 1.82) is 0 Å². The number of rotatable bonds is 1. The Morgan fingerprint density at radius 1 is 0.862 bits per heavy atom. The fourth-order valence-corrected chi connectivity index (χ4v) is 4.08. The van der Waals surface area contributed by atoms with E-state index in [1.54, 1.807) is 24.3 Å². The van der Waals surface area contributed by atoms with E-state index >= 15 is 8.78 Å². The summed E-state index contributed by atoms with van der Waals surface area (Å²) in [6.45, 7) is 0. The van der Waals surface area contributed by atoms with E-state index in [-0.39, 0.29) is 31.2 Å². The second-order valence-electron chi connectivity index (χ2n) is 6.93. The maximum atomic E-state index is 15.0. The fourth-order valence-electron chi connectivity index (χ4n) is 4.08. The van der Waals surface area contributed by atoms with Gasteiger partial charge in [-0.3, -0.25) is 0 Å². The summed E-state index contributed by atoms with van der Waals surface area (Å²) in [5.74, 6) is -3.05. The Labute approximate surface area is 178 Å². The van der Waals surface area contributed by atoms with Crippen molar-refractivity contribution in [1.82, 2.24) is 4.98 Å². The van der Waals surface area contributed by atoms with E-state index in [9.17, 15) is 0 Å². The van der Waals surface area contributed by atoms with Gasteiger partial charge in [-0.2, -0.15) is 8.78 Å². The van der Waals surface area contributed by atoms with Crippen molar-refractivity contribution in [3.05, 3.63) is 90.1 Å². The molecule has 1 aliphatic rings. The van der Waals surface area contributed by atoms with Crippen LogP contribution >= 0.6 is 0 Å². The summed E-state index contributed by atoms with van der Waals surface area (Å²) in [4.78, 5) is 4.48. The van der Waals surface area contributed by atoms with Gasteiger partial charge in [-0.1, -0.05) is 59.5 Å². The maximum Gasteiger partial charge on any atom is 0.299 e. The number of alkyl halides is 2. The molecule has 5 aromatic rings. The normalized spacial score (nSPS) is 13.9. The third-order valence-electron chi connectivity index (χ3n) is 5.39. The predicted molar refractivity (Wildman–Crippen MR) is 104 cm³/mol. The Morgan fingerprint density at radius 2 is 1.66 bits per heavy atom. The number of pyridine rings is 1. The van der Waals surface area contributed by atoms with Gasteiger partial charge in [0, 0.05) is 48.4 Å². The van der Waals surface area contributed by atoms with Crippen LogP contribution in [0.3, 0.4) is 0 Å². The molecule has 2 nitrogen and oxygen atoms in total. The van der Waals surface area contributed by atoms with E-state index < -0.39 is 5.92 Å². The van der Waals surface area contributed by atoms with Crippen molar-refractivity contribution in [2.24, 2.45) is 0 Å². The van der Waals surface area contributed by atoms with Crippen LogP contribution in [0.4, 0.5) is 8.78 Å². The van der Waals surface area contributed by atoms with Crippen molar-refractivity contribution in [3.8, 4) is 22.4 Å². The Balaban J connectivity index is 0.00000181. The van der Waals surface area contributed by atoms with Gasteiger partial charge < -0.3 is 9.40 Å². The van der Waals surface area contributed by atoms with Gasteiger partial charge in [-0.05, 0) is 17.3 Å². The van der Waals surface area contributed by atoms with E-state index in [0.717, 1.165) is 16.4 Å². The third kappa shape index (κ3) is 2.44. The molecule has 0 N–H and O–H groups in total. The van der Waals surface area contributed by atoms with Crippen molar-refractivity contribution in [2.75, 3.05) is 0 Å². The first-order valence-electron chi connectivity index (χ1n) is 8.95. The molecule has 5 heteroatoms. The number of para-hydroxylation sites is 1. The minimum atomic E-state index is -3.05. The molecule has 0 amide bonds. The minimum Gasteiger partial charge on any atom is -0.501 e. The monoisotopic (exact) mass is 561 g/mol. The van der Waals surface area contributed by atoms with Crippen LogP contribution in [0.2, 0.25) is 0 Å². The molecule has 143 valence electrons. The molecule has 1 radical (unpaired) electrons. The topological polar surface area (TPSA) is 26.0 Å². The Kier molecular flexibility index (Phi) is 3.95. The van der Waals surface area contributed by atoms with Gasteiger partial charge in [0.1, 0.15) is 5.58 Å². The molecule has 3 aromatic carbocycles. The molecule has 0 saturated heterocycles. The van der Waals surface area contributed by atoms with Crippen molar-refractivity contribution < 1.29 is 33.3 Å². The molecule has 2 aromatic heterocycles. The van der Waals surface area contributed by atoms with Crippen LogP contribution in [0, 0.1) is 6.07 Å². The van der Waals surface area contributed by atoms with Crippen LogP contribution in [-0.2, 0) is 26.0 Å². The first-order chi connectivity index (χ1) is 13.6. The van der Waals surface area contributed by atoms with Crippen LogP contribution in [0.5, 0.6) is 0 Å². The van der Waals surface area contributed by atoms with Crippen molar-refractivity contribution >= 4 is 21.9 Å². The van der Waals surface area contributed by atoms with Crippen LogP contribution in [0.25, 0.3) is 44.3 Å². The minimum absolute atomic E-state index is 0. The molecule has 6 rings (SSSR count). The molecule has 0 unspecified atom stereocenters. The summed E-state index contributed by atoms with van der Waals surface area (Å²) in [5.41, 5.74) is 3.37. The quantitative estimate of drug-likeness (QED) is 0.217. The van der Waals surface area contributed by atoms with Gasteiger partial charge in [0.2, 0.25) is 0 Å². The van der Waals surface area contributed by atoms with E-state index in [1.807, 2.05) is 30.3 Å². The summed E-state index contributed by atoms with van der Waals surface area (Å²) in [5, 5.41) is 1.90. The SMILES string of the molecule is FC1(F)c2ccccc2-c2cnc(-c3[c-]ccc4c3oc3ccccc34)cc21.[Ir]. The first-order valence-corrected chi connectivity index (χ1v) is 8.95. The summed E-state index contributed by atoms with van der Waals surface area (Å²) in [6, 6.07) is 22.6. The largest absolute Gasteiger partial charge is 0.501 e. The van der Waals surface area contributed by atoms with Crippen molar-refractivity contribution in [2.45, 2.75) is 5.92 Å². The fraction of sp³-hybridized carbons (Fsp3) is 0.0417. The molecule has 2 heterocycles. The number of furan rings is 1. The first kappa shape index (κ1) is 18.2. The van der Waals surface area contributed by atoms with E-state index in [1.165, 1.54) is 18.3 Å². The average Bonchev–Trinajstić information content (AvgIpc) is 3.22. The number of nitrogens with zero attached hydrogens (tertiary/aromatic N) is 1. The molecular formula is C24H12F2IrNO-. The second-order valence-corrected chi connectivity index (χ2v) is 6.93. The summed E-state index contributed by atoms with van der Waals surface area (Å²) in [6.07, 6.45) is 1.53. The van der Waals surface area contributed by atoms with E-state index in [4.69, 9.17) is 4.42 Å². The number of hydrogen-bond donors (Lipinski definition) is 0. The van der Waals surface area contributed by atoms with E-state index in [2.05, 4.69) is 11.1 Å². The molecule has 29 heavy (non-hydrogen) atoms. The van der Waals surface area contributed by atoms with Crippen LogP contribution in [-0.4, -0.2) is 4.98 Å². The number of hydrogen-bond acceptors (Lipinski definition) is 2. The van der Waals surface area contributed by atoms with E-state index in [0.29, 0.717) is 28.0 Å². The molecule has 0 spiro atoms. The van der Waals surface area contributed by atoms with Gasteiger partial charge >= 0.3 is 0 Å². The Bertz CT molecular complexity index is 1410. The molecular weight excluding hydrogens is 548 g/mol. The number of fused-ring (bicyclic) bond motifs is 6. The zero-order valence-corrected chi connectivity index (χ0v) is 17.3. The third-order valence-corrected chi connectivity index (χ3v) is 5.39. The summed E-state index contributed by atoms with van der Waals surface area (Å²) >= 11 is 0. The molecule has 0 atom stereocenters. The standard InChI is InChI=1S/C24H12F2NO.Ir/c25-24(26)19-10-3-1-6-14(19)18-13-27-21(12-20(18)24)17-9-5-8-16-15-7-2-4-11-22(15)28-23(16)17;/h1-8,10-13H;/q-1;. The van der Waals surface area contributed by atoms with Gasteiger partial charge in [-0.15, -0.1) is 18.2 Å². The summed E-state index contributed by atoms with van der Waals surface area (Å²) in [7, 11) is 0. The predicted octanol–water partition coefficient (Wildman–Crippen LogP) is 6.57. The number of benzene rings is 3. The molecule has 0 bridgehead atoms. The Morgan fingerprint density at radius 3 is 2.55 bits per heavy atom. The molecule has 0 aliphatic heterocycles. The van der Waals surface area contributed by atoms with Crippen LogP contribution in [0.1, 0.15) is 11.1 Å². The van der Waals surface area contributed by atoms with Gasteiger partial charge in [0.15, 0.2) is 0 Å². The van der Waals surface area contributed by atoms with Gasteiger partial charge in [0.05, 0.1) is 5.58 Å². The zero-order chi connectivity index (χ0) is 18.9. The summed E-state index contributed by atoms with van der Waals surface area (Å²) < 4.78 is 36.1. The number of halogens is 2. The zero-order valence-electron chi connectivity index (χ0n) is 14.9. The van der Waals surface area contributed by atoms with Crippen molar-refractivity contribution in [3.63, 3.8) is 0 Å². The maximum absolute atomic E-state index is 15.0.